The number of esters is 2. The van der Waals surface area contributed by atoms with Crippen LogP contribution in [0.5, 0.6) is 0 Å². The minimum absolute atomic E-state index is 0.0256. The van der Waals surface area contributed by atoms with Crippen molar-refractivity contribution in [1.82, 2.24) is 4.90 Å². The Bertz CT molecular complexity index is 490. The largest absolute Gasteiger partial charge is 0.461 e. The number of β-lactam (4-membered cyclic amide) rings is 1. The predicted molar refractivity (Wildman–Crippen MR) is 71.4 cm³/mol. The van der Waals surface area contributed by atoms with Gasteiger partial charge in [-0.2, -0.15) is 0 Å². The molecule has 0 radical (unpaired) electrons. The second kappa shape index (κ2) is 5.84. The lowest BCUT2D eigenvalue weighted by atomic mass is 10.0. The molecule has 1 fully saturated rings. The number of nitrogens with two attached hydrogens (primary N) is 1. The van der Waals surface area contributed by atoms with Crippen molar-refractivity contribution in [2.75, 3.05) is 19.0 Å². The molecular weight excluding hydrogens is 284 g/mol. The van der Waals surface area contributed by atoms with Crippen molar-refractivity contribution >= 4 is 29.6 Å². The van der Waals surface area contributed by atoms with E-state index < -0.39 is 18.0 Å². The number of nitrogens with zero attached hydrogens (tertiary/aromatic N) is 1. The Hall–Kier alpha value is -1.54. The van der Waals surface area contributed by atoms with Gasteiger partial charge in [-0.1, -0.05) is 0 Å². The van der Waals surface area contributed by atoms with Crippen molar-refractivity contribution in [3.8, 4) is 0 Å². The Balaban J connectivity index is 2.27. The van der Waals surface area contributed by atoms with Gasteiger partial charge in [-0.05, 0) is 6.92 Å². The third kappa shape index (κ3) is 2.53. The Morgan fingerprint density at radius 2 is 2.15 bits per heavy atom. The van der Waals surface area contributed by atoms with Gasteiger partial charge in [0.1, 0.15) is 23.7 Å². The molecule has 0 saturated carbocycles. The zero-order valence-electron chi connectivity index (χ0n) is 11.3. The first kappa shape index (κ1) is 14.9. The van der Waals surface area contributed by atoms with Gasteiger partial charge in [-0.25, -0.2) is 4.79 Å². The van der Waals surface area contributed by atoms with Crippen LogP contribution in [0.15, 0.2) is 11.3 Å². The van der Waals surface area contributed by atoms with Gasteiger partial charge < -0.3 is 15.2 Å². The fourth-order valence-corrected chi connectivity index (χ4v) is 3.34. The molecule has 2 aliphatic heterocycles. The molecule has 0 aromatic heterocycles. The lowest BCUT2D eigenvalue weighted by Crippen LogP contribution is -2.68. The summed E-state index contributed by atoms with van der Waals surface area (Å²) in [5.41, 5.74) is 6.45. The predicted octanol–water partition coefficient (Wildman–Crippen LogP) is -0.391. The second-order valence-corrected chi connectivity index (χ2v) is 5.49. The van der Waals surface area contributed by atoms with Crippen molar-refractivity contribution in [2.45, 2.75) is 25.3 Å². The number of hydrogen-bond donors (Lipinski definition) is 1. The number of fused-ring (bicyclic) bond motifs is 1. The van der Waals surface area contributed by atoms with Gasteiger partial charge in [0.2, 0.25) is 5.91 Å². The fraction of sp³-hybridized carbons (Fsp3) is 0.583. The van der Waals surface area contributed by atoms with E-state index in [-0.39, 0.29) is 30.2 Å². The molecule has 0 aromatic rings. The molecule has 2 atom stereocenters. The van der Waals surface area contributed by atoms with Crippen LogP contribution in [-0.4, -0.2) is 53.1 Å². The van der Waals surface area contributed by atoms with Crippen LogP contribution in [0.4, 0.5) is 0 Å². The number of ether oxygens (including phenoxy) is 2. The van der Waals surface area contributed by atoms with E-state index in [9.17, 15) is 14.4 Å². The third-order valence-electron chi connectivity index (χ3n) is 3.01. The molecular formula is C12H16N2O5S. The summed E-state index contributed by atoms with van der Waals surface area (Å²) in [6.07, 6.45) is 0. The number of amides is 1. The smallest absolute Gasteiger partial charge is 0.355 e. The molecule has 110 valence electrons. The zero-order chi connectivity index (χ0) is 14.9. The van der Waals surface area contributed by atoms with Crippen molar-refractivity contribution in [3.63, 3.8) is 0 Å². The summed E-state index contributed by atoms with van der Waals surface area (Å²) in [5.74, 6) is -0.867. The Kier molecular flexibility index (Phi) is 4.34. The van der Waals surface area contributed by atoms with Gasteiger partial charge in [0, 0.05) is 18.2 Å². The topological polar surface area (TPSA) is 98.9 Å². The van der Waals surface area contributed by atoms with Crippen molar-refractivity contribution in [3.05, 3.63) is 11.3 Å². The van der Waals surface area contributed by atoms with E-state index in [1.165, 1.54) is 23.6 Å². The standard InChI is InChI=1S/C12H16N2O5S/c1-3-18-12(17)9-7(4-19-6(2)15)5-20-11-8(13)10(16)14(9)11/h8,11H,3-5,13H2,1-2H3/t8?,11-/m1/s1. The Morgan fingerprint density at radius 1 is 1.45 bits per heavy atom. The minimum atomic E-state index is -0.597. The van der Waals surface area contributed by atoms with E-state index in [4.69, 9.17) is 15.2 Å². The Labute approximate surface area is 120 Å². The van der Waals surface area contributed by atoms with Crippen LogP contribution in [0, 0.1) is 0 Å². The normalized spacial score (nSPS) is 24.9. The van der Waals surface area contributed by atoms with E-state index >= 15 is 0 Å². The molecule has 2 heterocycles. The van der Waals surface area contributed by atoms with Gasteiger partial charge in [0.25, 0.3) is 0 Å². The van der Waals surface area contributed by atoms with Crippen molar-refractivity contribution in [2.24, 2.45) is 5.73 Å². The maximum atomic E-state index is 12.0. The van der Waals surface area contributed by atoms with E-state index in [0.29, 0.717) is 11.3 Å². The number of rotatable bonds is 4. The van der Waals surface area contributed by atoms with Crippen LogP contribution >= 0.6 is 11.8 Å². The summed E-state index contributed by atoms with van der Waals surface area (Å²) in [4.78, 5) is 36.1. The summed E-state index contributed by atoms with van der Waals surface area (Å²) in [5, 5.41) is -0.247. The highest BCUT2D eigenvalue weighted by molar-refractivity contribution is 8.00. The van der Waals surface area contributed by atoms with Gasteiger partial charge in [0.15, 0.2) is 0 Å². The lowest BCUT2D eigenvalue weighted by molar-refractivity contribution is -0.150. The molecule has 0 bridgehead atoms. The molecule has 2 aliphatic rings. The zero-order valence-corrected chi connectivity index (χ0v) is 12.1. The third-order valence-corrected chi connectivity index (χ3v) is 4.37. The number of hydrogen-bond acceptors (Lipinski definition) is 7. The summed E-state index contributed by atoms with van der Waals surface area (Å²) in [6, 6.07) is -0.597. The van der Waals surface area contributed by atoms with E-state index in [2.05, 4.69) is 0 Å². The maximum absolute atomic E-state index is 12.0. The van der Waals surface area contributed by atoms with Gasteiger partial charge in [-0.15, -0.1) is 11.8 Å². The van der Waals surface area contributed by atoms with Gasteiger partial charge in [0.05, 0.1) is 6.61 Å². The molecule has 7 nitrogen and oxygen atoms in total. The molecule has 1 unspecified atom stereocenters. The molecule has 0 spiro atoms. The number of carbonyl (C=O) groups excluding carboxylic acids is 3. The van der Waals surface area contributed by atoms with Gasteiger partial charge >= 0.3 is 11.9 Å². The highest BCUT2D eigenvalue weighted by atomic mass is 32.2. The summed E-state index contributed by atoms with van der Waals surface area (Å²) in [6.45, 7) is 3.15. The highest BCUT2D eigenvalue weighted by Crippen LogP contribution is 2.39. The average Bonchev–Trinajstić information content (AvgIpc) is 2.43. The van der Waals surface area contributed by atoms with Crippen LogP contribution in [0.1, 0.15) is 13.8 Å². The van der Waals surface area contributed by atoms with Crippen LogP contribution in [0.2, 0.25) is 0 Å². The first-order valence-corrected chi connectivity index (χ1v) is 7.25. The first-order valence-electron chi connectivity index (χ1n) is 6.20. The molecule has 1 amide bonds. The molecule has 20 heavy (non-hydrogen) atoms. The van der Waals surface area contributed by atoms with E-state index in [0.717, 1.165) is 0 Å². The summed E-state index contributed by atoms with van der Waals surface area (Å²) in [7, 11) is 0. The highest BCUT2D eigenvalue weighted by Gasteiger charge is 2.52. The molecule has 0 aromatic carbocycles. The van der Waals surface area contributed by atoms with E-state index in [1.54, 1.807) is 6.92 Å². The van der Waals surface area contributed by atoms with Crippen molar-refractivity contribution < 1.29 is 23.9 Å². The van der Waals surface area contributed by atoms with Crippen molar-refractivity contribution in [1.29, 1.82) is 0 Å². The summed E-state index contributed by atoms with van der Waals surface area (Å²) >= 11 is 1.45. The Morgan fingerprint density at radius 3 is 2.75 bits per heavy atom. The quantitative estimate of drug-likeness (QED) is 0.557. The maximum Gasteiger partial charge on any atom is 0.355 e. The molecule has 0 aliphatic carbocycles. The SMILES string of the molecule is CCOC(=O)C1=C(COC(C)=O)CS[C@@H]2C(N)C(=O)N12. The monoisotopic (exact) mass is 300 g/mol. The lowest BCUT2D eigenvalue weighted by Gasteiger charge is -2.48. The second-order valence-electron chi connectivity index (χ2n) is 4.39. The molecule has 8 heteroatoms. The van der Waals surface area contributed by atoms with Crippen LogP contribution in [-0.2, 0) is 23.9 Å². The van der Waals surface area contributed by atoms with Crippen LogP contribution < -0.4 is 5.73 Å². The first-order chi connectivity index (χ1) is 9.47. The summed E-state index contributed by atoms with van der Waals surface area (Å²) < 4.78 is 9.90. The van der Waals surface area contributed by atoms with Crippen LogP contribution in [0.25, 0.3) is 0 Å². The number of thioether (sulfide) groups is 1. The molecule has 2 N–H and O–H groups in total. The van der Waals surface area contributed by atoms with E-state index in [1.807, 2.05) is 0 Å². The van der Waals surface area contributed by atoms with Crippen LogP contribution in [0.3, 0.4) is 0 Å². The molecule has 1 saturated heterocycles. The molecule has 2 rings (SSSR count). The number of carbonyl (C=O) groups is 3. The minimum Gasteiger partial charge on any atom is -0.461 e. The van der Waals surface area contributed by atoms with Gasteiger partial charge in [-0.3, -0.25) is 14.5 Å². The fourth-order valence-electron chi connectivity index (χ4n) is 2.07. The average molecular weight is 300 g/mol.